The predicted molar refractivity (Wildman–Crippen MR) is 94.9 cm³/mol. The average Bonchev–Trinajstić information content (AvgIpc) is 2.67. The lowest BCUT2D eigenvalue weighted by Gasteiger charge is -2.25. The number of para-hydroxylation sites is 2. The van der Waals surface area contributed by atoms with Gasteiger partial charge in [0.05, 0.1) is 12.8 Å². The lowest BCUT2D eigenvalue weighted by Crippen LogP contribution is -2.46. The number of benzene rings is 2. The minimum Gasteiger partial charge on any atom is -0.508 e. The quantitative estimate of drug-likeness (QED) is 0.447. The van der Waals surface area contributed by atoms with Gasteiger partial charge < -0.3 is 25.0 Å². The highest BCUT2D eigenvalue weighted by Crippen LogP contribution is 2.30. The SMILES string of the molecule is O=C(CNC(=O)[C@@H]1COc2ccccc2O1)N/N=C\c1ccc(O)cc1O. The molecule has 0 aromatic heterocycles. The second-order valence-corrected chi connectivity index (χ2v) is 5.62. The second kappa shape index (κ2) is 8.09. The highest BCUT2D eigenvalue weighted by atomic mass is 16.6. The number of rotatable bonds is 5. The number of hydrogen-bond donors (Lipinski definition) is 4. The Morgan fingerprint density at radius 2 is 1.96 bits per heavy atom. The summed E-state index contributed by atoms with van der Waals surface area (Å²) in [5.74, 6) is -0.295. The van der Waals surface area contributed by atoms with Crippen molar-refractivity contribution in [3.05, 3.63) is 48.0 Å². The first kappa shape index (κ1) is 18.1. The van der Waals surface area contributed by atoms with Crippen LogP contribution in [0.1, 0.15) is 5.56 Å². The van der Waals surface area contributed by atoms with Crippen LogP contribution in [0.5, 0.6) is 23.0 Å². The number of hydrazone groups is 1. The third-order valence-corrected chi connectivity index (χ3v) is 3.63. The maximum absolute atomic E-state index is 12.1. The monoisotopic (exact) mass is 371 g/mol. The van der Waals surface area contributed by atoms with Gasteiger partial charge in [-0.05, 0) is 24.3 Å². The zero-order valence-electron chi connectivity index (χ0n) is 14.1. The van der Waals surface area contributed by atoms with Crippen LogP contribution in [0.3, 0.4) is 0 Å². The van der Waals surface area contributed by atoms with Crippen molar-refractivity contribution < 1.29 is 29.3 Å². The van der Waals surface area contributed by atoms with Crippen molar-refractivity contribution >= 4 is 18.0 Å². The van der Waals surface area contributed by atoms with Crippen LogP contribution in [-0.2, 0) is 9.59 Å². The third-order valence-electron chi connectivity index (χ3n) is 3.63. The van der Waals surface area contributed by atoms with Crippen LogP contribution >= 0.6 is 0 Å². The first-order chi connectivity index (χ1) is 13.0. The molecule has 4 N–H and O–H groups in total. The number of hydrogen-bond acceptors (Lipinski definition) is 7. The van der Waals surface area contributed by atoms with E-state index in [1.807, 2.05) is 0 Å². The van der Waals surface area contributed by atoms with E-state index in [0.29, 0.717) is 17.1 Å². The summed E-state index contributed by atoms with van der Waals surface area (Å²) in [7, 11) is 0. The number of ether oxygens (including phenoxy) is 2. The minimum absolute atomic E-state index is 0.0444. The molecule has 1 aliphatic rings. The van der Waals surface area contributed by atoms with E-state index in [1.54, 1.807) is 24.3 Å². The number of fused-ring (bicyclic) bond motifs is 1. The zero-order valence-corrected chi connectivity index (χ0v) is 14.1. The van der Waals surface area contributed by atoms with Gasteiger partial charge in [-0.2, -0.15) is 5.10 Å². The third kappa shape index (κ3) is 4.66. The Morgan fingerprint density at radius 1 is 1.19 bits per heavy atom. The summed E-state index contributed by atoms with van der Waals surface area (Å²) in [5, 5.41) is 24.9. The molecule has 3 rings (SSSR count). The molecule has 2 amide bonds. The van der Waals surface area contributed by atoms with E-state index in [1.165, 1.54) is 18.3 Å². The fraction of sp³-hybridized carbons (Fsp3) is 0.167. The number of phenols is 2. The van der Waals surface area contributed by atoms with Crippen molar-refractivity contribution in [2.75, 3.05) is 13.2 Å². The number of phenolic OH excluding ortho intramolecular Hbond substituents is 2. The molecule has 0 aliphatic carbocycles. The molecule has 2 aromatic carbocycles. The van der Waals surface area contributed by atoms with Gasteiger partial charge in [0.1, 0.15) is 18.1 Å². The van der Waals surface area contributed by atoms with E-state index in [9.17, 15) is 19.8 Å². The summed E-state index contributed by atoms with van der Waals surface area (Å²) < 4.78 is 11.0. The van der Waals surface area contributed by atoms with Gasteiger partial charge in [0.2, 0.25) is 6.10 Å². The highest BCUT2D eigenvalue weighted by Gasteiger charge is 2.27. The Bertz CT molecular complexity index is 883. The summed E-state index contributed by atoms with van der Waals surface area (Å²) in [4.78, 5) is 23.8. The van der Waals surface area contributed by atoms with Crippen molar-refractivity contribution in [3.63, 3.8) is 0 Å². The number of nitrogens with one attached hydrogen (secondary N) is 2. The van der Waals surface area contributed by atoms with Crippen LogP contribution in [0.2, 0.25) is 0 Å². The van der Waals surface area contributed by atoms with Gasteiger partial charge in [0, 0.05) is 11.6 Å². The molecule has 0 bridgehead atoms. The molecule has 9 nitrogen and oxygen atoms in total. The second-order valence-electron chi connectivity index (χ2n) is 5.62. The standard InChI is InChI=1S/C18H17N3O6/c22-12-6-5-11(13(23)7-12)8-20-21-17(24)9-19-18(25)16-10-26-14-3-1-2-4-15(14)27-16/h1-8,16,22-23H,9-10H2,(H,19,25)(H,21,24)/b20-8-/t16-/m0/s1. The van der Waals surface area contributed by atoms with Crippen molar-refractivity contribution in [1.29, 1.82) is 0 Å². The average molecular weight is 371 g/mol. The minimum atomic E-state index is -0.856. The lowest BCUT2D eigenvalue weighted by atomic mass is 10.2. The molecular weight excluding hydrogens is 354 g/mol. The molecule has 1 atom stereocenters. The molecule has 1 heterocycles. The Balaban J connectivity index is 1.45. The van der Waals surface area contributed by atoms with Crippen LogP contribution in [0.15, 0.2) is 47.6 Å². The predicted octanol–water partition coefficient (Wildman–Crippen LogP) is 0.504. The summed E-state index contributed by atoms with van der Waals surface area (Å²) in [5.41, 5.74) is 2.53. The molecule has 0 radical (unpaired) electrons. The van der Waals surface area contributed by atoms with Crippen molar-refractivity contribution in [1.82, 2.24) is 10.7 Å². The molecule has 0 saturated carbocycles. The van der Waals surface area contributed by atoms with Gasteiger partial charge in [-0.25, -0.2) is 5.43 Å². The Morgan fingerprint density at radius 3 is 2.74 bits per heavy atom. The smallest absolute Gasteiger partial charge is 0.265 e. The highest BCUT2D eigenvalue weighted by molar-refractivity contribution is 5.89. The molecular formula is C18H17N3O6. The van der Waals surface area contributed by atoms with E-state index in [2.05, 4.69) is 15.8 Å². The normalized spacial score (nSPS) is 15.3. The van der Waals surface area contributed by atoms with Crippen LogP contribution in [0, 0.1) is 0 Å². The lowest BCUT2D eigenvalue weighted by molar-refractivity contribution is -0.132. The van der Waals surface area contributed by atoms with Crippen molar-refractivity contribution in [2.45, 2.75) is 6.10 Å². The molecule has 1 aliphatic heterocycles. The van der Waals surface area contributed by atoms with Gasteiger partial charge in [0.25, 0.3) is 11.8 Å². The van der Waals surface area contributed by atoms with Crippen LogP contribution < -0.4 is 20.2 Å². The van der Waals surface area contributed by atoms with Gasteiger partial charge >= 0.3 is 0 Å². The topological polar surface area (TPSA) is 129 Å². The summed E-state index contributed by atoms with van der Waals surface area (Å²) in [6, 6.07) is 10.9. The summed E-state index contributed by atoms with van der Waals surface area (Å²) in [6.45, 7) is -0.262. The van der Waals surface area contributed by atoms with Gasteiger partial charge in [-0.15, -0.1) is 0 Å². The molecule has 0 spiro atoms. The Labute approximate surface area is 154 Å². The molecule has 27 heavy (non-hydrogen) atoms. The zero-order chi connectivity index (χ0) is 19.2. The first-order valence-corrected chi connectivity index (χ1v) is 8.03. The number of aromatic hydroxyl groups is 2. The van der Waals surface area contributed by atoms with Crippen molar-refractivity contribution in [2.24, 2.45) is 5.10 Å². The number of carbonyl (C=O) groups is 2. The van der Waals surface area contributed by atoms with Crippen LogP contribution in [0.25, 0.3) is 0 Å². The molecule has 140 valence electrons. The van der Waals surface area contributed by atoms with Crippen molar-refractivity contribution in [3.8, 4) is 23.0 Å². The number of carbonyl (C=O) groups excluding carboxylic acids is 2. The fourth-order valence-corrected chi connectivity index (χ4v) is 2.28. The summed E-state index contributed by atoms with van der Waals surface area (Å²) in [6.07, 6.45) is 0.355. The van der Waals surface area contributed by atoms with E-state index in [-0.39, 0.29) is 24.7 Å². The molecule has 0 saturated heterocycles. The van der Waals surface area contributed by atoms with E-state index < -0.39 is 17.9 Å². The van der Waals surface area contributed by atoms with Gasteiger partial charge in [-0.1, -0.05) is 12.1 Å². The van der Waals surface area contributed by atoms with Crippen LogP contribution in [0.4, 0.5) is 0 Å². The van der Waals surface area contributed by atoms with E-state index in [0.717, 1.165) is 6.07 Å². The molecule has 2 aromatic rings. The number of nitrogens with zero attached hydrogens (tertiary/aromatic N) is 1. The molecule has 0 unspecified atom stereocenters. The maximum Gasteiger partial charge on any atom is 0.265 e. The maximum atomic E-state index is 12.1. The Kier molecular flexibility index (Phi) is 5.41. The first-order valence-electron chi connectivity index (χ1n) is 8.03. The molecule has 0 fully saturated rings. The van der Waals surface area contributed by atoms with Gasteiger partial charge in [-0.3, -0.25) is 9.59 Å². The van der Waals surface area contributed by atoms with E-state index >= 15 is 0 Å². The Hall–Kier alpha value is -3.75. The van der Waals surface area contributed by atoms with E-state index in [4.69, 9.17) is 9.47 Å². The van der Waals surface area contributed by atoms with Gasteiger partial charge in [0.15, 0.2) is 11.5 Å². The summed E-state index contributed by atoms with van der Waals surface area (Å²) >= 11 is 0. The fourth-order valence-electron chi connectivity index (χ4n) is 2.28. The van der Waals surface area contributed by atoms with Crippen LogP contribution in [-0.4, -0.2) is 47.5 Å². The largest absolute Gasteiger partial charge is 0.508 e. The molecule has 9 heteroatoms. The number of amides is 2.